The molecule has 1 fully saturated rings. The second-order valence-corrected chi connectivity index (χ2v) is 4.82. The summed E-state index contributed by atoms with van der Waals surface area (Å²) in [6.45, 7) is 1.29. The van der Waals surface area contributed by atoms with Gasteiger partial charge in [0, 0.05) is 23.2 Å². The van der Waals surface area contributed by atoms with Gasteiger partial charge in [-0.3, -0.25) is 4.79 Å². The van der Waals surface area contributed by atoms with Crippen molar-refractivity contribution in [1.82, 2.24) is 0 Å². The Kier molecular flexibility index (Phi) is 4.02. The minimum Gasteiger partial charge on any atom is -0.330 e. The Labute approximate surface area is 107 Å². The largest absolute Gasteiger partial charge is 0.330 e. The molecule has 2 rings (SSSR count). The molecular weight excluding hydrogens is 236 g/mol. The maximum absolute atomic E-state index is 12.1. The second-order valence-electron chi connectivity index (χ2n) is 4.38. The zero-order valence-electron chi connectivity index (χ0n) is 9.73. The van der Waals surface area contributed by atoms with E-state index in [1.54, 1.807) is 0 Å². The van der Waals surface area contributed by atoms with Gasteiger partial charge in [-0.25, -0.2) is 0 Å². The molecule has 0 radical (unpaired) electrons. The fraction of sp³-hybridized carbons (Fsp3) is 0.462. The maximum Gasteiger partial charge on any atom is 0.230 e. The summed E-state index contributed by atoms with van der Waals surface area (Å²) in [5.74, 6) is 0.448. The molecule has 1 aliphatic carbocycles. The van der Waals surface area contributed by atoms with Crippen molar-refractivity contribution in [3.63, 3.8) is 0 Å². The Morgan fingerprint density at radius 3 is 2.53 bits per heavy atom. The molecular formula is C13H17ClN2O. The molecule has 0 atom stereocenters. The Morgan fingerprint density at radius 2 is 2.00 bits per heavy atom. The van der Waals surface area contributed by atoms with E-state index in [1.165, 1.54) is 0 Å². The van der Waals surface area contributed by atoms with Crippen LogP contribution >= 0.6 is 11.6 Å². The minimum atomic E-state index is 0.223. The molecule has 0 unspecified atom stereocenters. The highest BCUT2D eigenvalue weighted by Gasteiger charge is 2.33. The average Bonchev–Trinajstić information content (AvgIpc) is 3.15. The predicted octanol–water partition coefficient (Wildman–Crippen LogP) is 2.43. The highest BCUT2D eigenvalue weighted by molar-refractivity contribution is 6.30. The van der Waals surface area contributed by atoms with Crippen LogP contribution in [0.25, 0.3) is 0 Å². The summed E-state index contributed by atoms with van der Waals surface area (Å²) in [6.07, 6.45) is 2.86. The van der Waals surface area contributed by atoms with Crippen LogP contribution in [0, 0.1) is 5.92 Å². The van der Waals surface area contributed by atoms with Crippen molar-refractivity contribution in [2.75, 3.05) is 18.0 Å². The summed E-state index contributed by atoms with van der Waals surface area (Å²) < 4.78 is 0. The highest BCUT2D eigenvalue weighted by atomic mass is 35.5. The van der Waals surface area contributed by atoms with Crippen molar-refractivity contribution in [3.05, 3.63) is 29.3 Å². The second kappa shape index (κ2) is 5.52. The van der Waals surface area contributed by atoms with Crippen LogP contribution in [0.5, 0.6) is 0 Å². The van der Waals surface area contributed by atoms with E-state index in [9.17, 15) is 4.79 Å². The third-order valence-electron chi connectivity index (χ3n) is 2.92. The van der Waals surface area contributed by atoms with E-state index in [0.29, 0.717) is 18.1 Å². The number of nitrogens with zero attached hydrogens (tertiary/aromatic N) is 1. The zero-order chi connectivity index (χ0) is 12.3. The van der Waals surface area contributed by atoms with E-state index >= 15 is 0 Å². The molecule has 0 bridgehead atoms. The SMILES string of the molecule is NCCCN(C(=O)C1CC1)c1ccc(Cl)cc1. The van der Waals surface area contributed by atoms with Crippen LogP contribution in [0.1, 0.15) is 19.3 Å². The molecule has 1 saturated carbocycles. The number of rotatable bonds is 5. The van der Waals surface area contributed by atoms with Gasteiger partial charge >= 0.3 is 0 Å². The number of nitrogens with two attached hydrogens (primary N) is 1. The third kappa shape index (κ3) is 3.20. The summed E-state index contributed by atoms with van der Waals surface area (Å²) in [6, 6.07) is 7.40. The smallest absolute Gasteiger partial charge is 0.230 e. The maximum atomic E-state index is 12.1. The van der Waals surface area contributed by atoms with E-state index in [4.69, 9.17) is 17.3 Å². The number of carbonyl (C=O) groups excluding carboxylic acids is 1. The van der Waals surface area contributed by atoms with E-state index in [1.807, 2.05) is 29.2 Å². The molecule has 1 amide bonds. The summed E-state index contributed by atoms with van der Waals surface area (Å²) >= 11 is 5.85. The first-order chi connectivity index (χ1) is 8.22. The Balaban J connectivity index is 2.13. The van der Waals surface area contributed by atoms with E-state index in [2.05, 4.69) is 0 Å². The van der Waals surface area contributed by atoms with Crippen molar-refractivity contribution in [2.45, 2.75) is 19.3 Å². The van der Waals surface area contributed by atoms with Crippen molar-refractivity contribution in [3.8, 4) is 0 Å². The van der Waals surface area contributed by atoms with Gasteiger partial charge in [0.25, 0.3) is 0 Å². The Bertz CT molecular complexity index is 387. The Hall–Kier alpha value is -1.06. The van der Waals surface area contributed by atoms with Crippen LogP contribution < -0.4 is 10.6 Å². The molecule has 0 heterocycles. The molecule has 17 heavy (non-hydrogen) atoms. The van der Waals surface area contributed by atoms with Crippen molar-refractivity contribution >= 4 is 23.2 Å². The molecule has 0 aromatic heterocycles. The lowest BCUT2D eigenvalue weighted by atomic mass is 10.2. The number of carbonyl (C=O) groups is 1. The normalized spacial score (nSPS) is 14.7. The van der Waals surface area contributed by atoms with Crippen LogP contribution in [-0.4, -0.2) is 19.0 Å². The van der Waals surface area contributed by atoms with Gasteiger partial charge in [-0.1, -0.05) is 11.6 Å². The van der Waals surface area contributed by atoms with E-state index < -0.39 is 0 Å². The van der Waals surface area contributed by atoms with Crippen LogP contribution in [0.4, 0.5) is 5.69 Å². The van der Waals surface area contributed by atoms with Gasteiger partial charge in [0.1, 0.15) is 0 Å². The van der Waals surface area contributed by atoms with Crippen LogP contribution in [0.3, 0.4) is 0 Å². The lowest BCUT2D eigenvalue weighted by Crippen LogP contribution is -2.34. The number of benzene rings is 1. The first kappa shape index (κ1) is 12.4. The molecule has 3 nitrogen and oxygen atoms in total. The van der Waals surface area contributed by atoms with Crippen molar-refractivity contribution < 1.29 is 4.79 Å². The lowest BCUT2D eigenvalue weighted by Gasteiger charge is -2.22. The fourth-order valence-electron chi connectivity index (χ4n) is 1.79. The topological polar surface area (TPSA) is 46.3 Å². The van der Waals surface area contributed by atoms with Gasteiger partial charge in [-0.15, -0.1) is 0 Å². The third-order valence-corrected chi connectivity index (χ3v) is 3.17. The molecule has 4 heteroatoms. The average molecular weight is 253 g/mol. The number of halogens is 1. The van der Waals surface area contributed by atoms with Gasteiger partial charge in [0.15, 0.2) is 0 Å². The summed E-state index contributed by atoms with van der Waals surface area (Å²) in [5, 5.41) is 0.686. The van der Waals surface area contributed by atoms with Crippen LogP contribution in [0.2, 0.25) is 5.02 Å². The van der Waals surface area contributed by atoms with Gasteiger partial charge in [0.05, 0.1) is 0 Å². The Morgan fingerprint density at radius 1 is 1.35 bits per heavy atom. The lowest BCUT2D eigenvalue weighted by molar-refractivity contribution is -0.119. The number of hydrogen-bond acceptors (Lipinski definition) is 2. The molecule has 0 saturated heterocycles. The van der Waals surface area contributed by atoms with E-state index in [0.717, 1.165) is 24.9 Å². The highest BCUT2D eigenvalue weighted by Crippen LogP contribution is 2.33. The zero-order valence-corrected chi connectivity index (χ0v) is 10.5. The summed E-state index contributed by atoms with van der Waals surface area (Å²) in [4.78, 5) is 14.0. The molecule has 0 spiro atoms. The predicted molar refractivity (Wildman–Crippen MR) is 70.2 cm³/mol. The fourth-order valence-corrected chi connectivity index (χ4v) is 1.91. The quantitative estimate of drug-likeness (QED) is 0.875. The number of hydrogen-bond donors (Lipinski definition) is 1. The standard InChI is InChI=1S/C13H17ClN2O/c14-11-4-6-12(7-5-11)16(9-1-8-15)13(17)10-2-3-10/h4-7,10H,1-3,8-9,15H2. The molecule has 1 aliphatic rings. The number of anilines is 1. The minimum absolute atomic E-state index is 0.223. The van der Waals surface area contributed by atoms with Crippen molar-refractivity contribution in [2.24, 2.45) is 11.7 Å². The first-order valence-electron chi connectivity index (χ1n) is 5.99. The monoisotopic (exact) mass is 252 g/mol. The number of amides is 1. The summed E-state index contributed by atoms with van der Waals surface area (Å²) in [5.41, 5.74) is 6.43. The van der Waals surface area contributed by atoms with Gasteiger partial charge in [0.2, 0.25) is 5.91 Å². The van der Waals surface area contributed by atoms with Gasteiger partial charge < -0.3 is 10.6 Å². The van der Waals surface area contributed by atoms with Crippen LogP contribution in [0.15, 0.2) is 24.3 Å². The van der Waals surface area contributed by atoms with Gasteiger partial charge in [-0.2, -0.15) is 0 Å². The molecule has 1 aromatic rings. The first-order valence-corrected chi connectivity index (χ1v) is 6.37. The molecule has 92 valence electrons. The van der Waals surface area contributed by atoms with E-state index in [-0.39, 0.29) is 11.8 Å². The molecule has 0 aliphatic heterocycles. The summed E-state index contributed by atoms with van der Waals surface area (Å²) in [7, 11) is 0. The van der Waals surface area contributed by atoms with Crippen molar-refractivity contribution in [1.29, 1.82) is 0 Å². The molecule has 2 N–H and O–H groups in total. The van der Waals surface area contributed by atoms with Gasteiger partial charge in [-0.05, 0) is 50.1 Å². The molecule has 1 aromatic carbocycles. The van der Waals surface area contributed by atoms with Crippen LogP contribution in [-0.2, 0) is 4.79 Å².